The van der Waals surface area contributed by atoms with Crippen molar-refractivity contribution >= 4 is 11.9 Å². The summed E-state index contributed by atoms with van der Waals surface area (Å²) in [5.41, 5.74) is 4.19. The smallest absolute Gasteiger partial charge is 0.306 e. The highest BCUT2D eigenvalue weighted by Crippen LogP contribution is 2.21. The number of hydrogen-bond donors (Lipinski definition) is 0. The predicted octanol–water partition coefficient (Wildman–Crippen LogP) is 11.9. The van der Waals surface area contributed by atoms with Gasteiger partial charge in [-0.3, -0.25) is 9.59 Å². The van der Waals surface area contributed by atoms with Gasteiger partial charge in [-0.05, 0) is 100 Å². The van der Waals surface area contributed by atoms with E-state index in [1.54, 1.807) is 0 Å². The van der Waals surface area contributed by atoms with Crippen LogP contribution in [0.3, 0.4) is 0 Å². The van der Waals surface area contributed by atoms with Gasteiger partial charge in [0.25, 0.3) is 0 Å². The Hall–Kier alpha value is -2.70. The molecule has 2 aromatic rings. The molecule has 0 N–H and O–H groups in total. The zero-order chi connectivity index (χ0) is 37.5. The van der Waals surface area contributed by atoms with Crippen molar-refractivity contribution in [1.29, 1.82) is 0 Å². The van der Waals surface area contributed by atoms with Gasteiger partial charge in [0.2, 0.25) is 0 Å². The second kappa shape index (κ2) is 30.7. The minimum atomic E-state index is -0.116. The molecule has 0 bridgehead atoms. The molecule has 0 aromatic heterocycles. The largest absolute Gasteiger partial charge is 0.461 e. The van der Waals surface area contributed by atoms with Crippen molar-refractivity contribution in [2.45, 2.75) is 169 Å². The first-order chi connectivity index (χ1) is 25.5. The van der Waals surface area contributed by atoms with Gasteiger partial charge in [0.15, 0.2) is 0 Å². The Morgan fingerprint density at radius 2 is 0.692 bits per heavy atom. The molecule has 0 amide bonds. The molecule has 0 saturated carbocycles. The fourth-order valence-corrected chi connectivity index (χ4v) is 6.67. The van der Waals surface area contributed by atoms with Crippen LogP contribution in [0, 0.1) is 0 Å². The number of rotatable bonds is 33. The third-order valence-corrected chi connectivity index (χ3v) is 10.1. The van der Waals surface area contributed by atoms with E-state index in [-0.39, 0.29) is 11.9 Å². The monoisotopic (exact) mass is 721 g/mol. The topological polar surface area (TPSA) is 59.1 Å². The van der Waals surface area contributed by atoms with Crippen LogP contribution >= 0.6 is 0 Å². The van der Waals surface area contributed by atoms with Gasteiger partial charge in [-0.1, -0.05) is 153 Å². The van der Waals surface area contributed by atoms with Gasteiger partial charge in [0, 0.05) is 12.8 Å². The van der Waals surface area contributed by atoms with Crippen molar-refractivity contribution < 1.29 is 19.1 Å². The lowest BCUT2D eigenvalue weighted by molar-refractivity contribution is -0.146. The highest BCUT2D eigenvalue weighted by molar-refractivity contribution is 5.70. The number of nitrogens with zero attached hydrogens (tertiary/aromatic N) is 2. The Bertz CT molecular complexity index is 1030. The number of ether oxygens (including phenoxy) is 2. The summed E-state index contributed by atoms with van der Waals surface area (Å²) in [6.07, 6.45) is 23.1. The zero-order valence-electron chi connectivity index (χ0n) is 33.9. The maximum atomic E-state index is 12.5. The molecule has 2 aromatic carbocycles. The van der Waals surface area contributed by atoms with E-state index in [0.717, 1.165) is 74.4 Å². The zero-order valence-corrected chi connectivity index (χ0v) is 33.9. The predicted molar refractivity (Wildman–Crippen MR) is 219 cm³/mol. The Balaban J connectivity index is 1.70. The number of carbonyl (C=O) groups is 2. The van der Waals surface area contributed by atoms with Gasteiger partial charge in [-0.2, -0.15) is 0 Å². The molecule has 2 rings (SSSR count). The molecule has 0 aliphatic heterocycles. The highest BCUT2D eigenvalue weighted by Gasteiger charge is 2.11. The molecule has 0 saturated heterocycles. The Morgan fingerprint density at radius 1 is 0.404 bits per heavy atom. The molecule has 6 heteroatoms. The molecular formula is C46H76N2O4. The SMILES string of the molecule is CCCCCCN(CCCCCC)CCCC(=O)OCc1ccc(-c2ccc(COC(=O)CCCN(CCCCCC)CCCCCC)cc2)cc1. The molecule has 6 nitrogen and oxygen atoms in total. The summed E-state index contributed by atoms with van der Waals surface area (Å²) < 4.78 is 11.3. The van der Waals surface area contributed by atoms with Gasteiger partial charge in [-0.25, -0.2) is 0 Å². The Kier molecular flexibility index (Phi) is 26.9. The fourth-order valence-electron chi connectivity index (χ4n) is 6.67. The van der Waals surface area contributed by atoms with E-state index in [1.165, 1.54) is 103 Å². The molecule has 0 atom stereocenters. The van der Waals surface area contributed by atoms with Crippen molar-refractivity contribution in [3.63, 3.8) is 0 Å². The summed E-state index contributed by atoms with van der Waals surface area (Å²) in [5.74, 6) is -0.232. The van der Waals surface area contributed by atoms with E-state index in [9.17, 15) is 9.59 Å². The summed E-state index contributed by atoms with van der Waals surface area (Å²) >= 11 is 0. The van der Waals surface area contributed by atoms with Crippen LogP contribution in [0.15, 0.2) is 48.5 Å². The first-order valence-electron chi connectivity index (χ1n) is 21.4. The van der Waals surface area contributed by atoms with E-state index in [4.69, 9.17) is 9.47 Å². The van der Waals surface area contributed by atoms with Gasteiger partial charge in [0.1, 0.15) is 13.2 Å². The van der Waals surface area contributed by atoms with Crippen LogP contribution in [-0.2, 0) is 32.3 Å². The Labute approximate surface area is 319 Å². The average Bonchev–Trinajstić information content (AvgIpc) is 3.16. The minimum Gasteiger partial charge on any atom is -0.461 e. The van der Waals surface area contributed by atoms with Crippen LogP contribution in [0.2, 0.25) is 0 Å². The van der Waals surface area contributed by atoms with Crippen molar-refractivity contribution in [1.82, 2.24) is 9.80 Å². The first-order valence-corrected chi connectivity index (χ1v) is 21.4. The quantitative estimate of drug-likeness (QED) is 0.0540. The lowest BCUT2D eigenvalue weighted by atomic mass is 10.0. The van der Waals surface area contributed by atoms with Gasteiger partial charge in [-0.15, -0.1) is 0 Å². The average molecular weight is 721 g/mol. The maximum Gasteiger partial charge on any atom is 0.306 e. The molecule has 294 valence electrons. The van der Waals surface area contributed by atoms with Crippen LogP contribution in [0.4, 0.5) is 0 Å². The normalized spacial score (nSPS) is 11.4. The molecule has 0 spiro atoms. The second-order valence-corrected chi connectivity index (χ2v) is 14.8. The molecule has 0 radical (unpaired) electrons. The van der Waals surface area contributed by atoms with Crippen molar-refractivity contribution in [2.75, 3.05) is 39.3 Å². The van der Waals surface area contributed by atoms with Crippen LogP contribution in [0.1, 0.15) is 167 Å². The lowest BCUT2D eigenvalue weighted by Crippen LogP contribution is -2.28. The van der Waals surface area contributed by atoms with Crippen LogP contribution in [0.25, 0.3) is 11.1 Å². The summed E-state index contributed by atoms with van der Waals surface area (Å²) in [6, 6.07) is 16.4. The number of unbranched alkanes of at least 4 members (excludes halogenated alkanes) is 12. The third-order valence-electron chi connectivity index (χ3n) is 10.1. The van der Waals surface area contributed by atoms with Crippen LogP contribution < -0.4 is 0 Å². The van der Waals surface area contributed by atoms with Crippen molar-refractivity contribution in [2.24, 2.45) is 0 Å². The summed E-state index contributed by atoms with van der Waals surface area (Å²) in [6.45, 7) is 16.1. The third kappa shape index (κ3) is 22.4. The maximum absolute atomic E-state index is 12.5. The summed E-state index contributed by atoms with van der Waals surface area (Å²) in [5, 5.41) is 0. The molecule has 0 unspecified atom stereocenters. The number of benzene rings is 2. The molecule has 0 heterocycles. The number of hydrogen-bond acceptors (Lipinski definition) is 6. The van der Waals surface area contributed by atoms with Crippen LogP contribution in [-0.4, -0.2) is 61.0 Å². The van der Waals surface area contributed by atoms with Gasteiger partial charge < -0.3 is 19.3 Å². The minimum absolute atomic E-state index is 0.116. The highest BCUT2D eigenvalue weighted by atomic mass is 16.5. The number of carbonyl (C=O) groups excluding carboxylic acids is 2. The summed E-state index contributed by atoms with van der Waals surface area (Å²) in [4.78, 5) is 30.2. The molecule has 52 heavy (non-hydrogen) atoms. The van der Waals surface area contributed by atoms with E-state index in [1.807, 2.05) is 24.3 Å². The molecule has 0 fully saturated rings. The Morgan fingerprint density at radius 3 is 0.981 bits per heavy atom. The standard InChI is InChI=1S/C46H76N2O4/c1-5-9-13-17-33-47(34-18-14-10-6-2)37-21-23-45(49)51-39-41-25-29-43(30-26-41)44-31-27-42(28-32-44)40-52-46(50)24-22-38-48(35-19-15-11-7-3)36-20-16-12-8-4/h25-32H,5-24,33-40H2,1-4H3. The van der Waals surface area contributed by atoms with Gasteiger partial charge >= 0.3 is 11.9 Å². The lowest BCUT2D eigenvalue weighted by Gasteiger charge is -2.22. The van der Waals surface area contributed by atoms with Crippen molar-refractivity contribution in [3.05, 3.63) is 59.7 Å². The van der Waals surface area contributed by atoms with E-state index in [2.05, 4.69) is 61.8 Å². The van der Waals surface area contributed by atoms with Crippen molar-refractivity contribution in [3.8, 4) is 11.1 Å². The van der Waals surface area contributed by atoms with E-state index in [0.29, 0.717) is 26.1 Å². The first kappa shape index (κ1) is 45.5. The number of esters is 2. The second-order valence-electron chi connectivity index (χ2n) is 14.8. The summed E-state index contributed by atoms with van der Waals surface area (Å²) in [7, 11) is 0. The van der Waals surface area contributed by atoms with Gasteiger partial charge in [0.05, 0.1) is 0 Å². The van der Waals surface area contributed by atoms with E-state index >= 15 is 0 Å². The van der Waals surface area contributed by atoms with E-state index < -0.39 is 0 Å². The molecule has 0 aliphatic rings. The molecule has 0 aliphatic carbocycles. The fraction of sp³-hybridized carbons (Fsp3) is 0.696. The van der Waals surface area contributed by atoms with Crippen LogP contribution in [0.5, 0.6) is 0 Å². The molecular weight excluding hydrogens is 645 g/mol.